The van der Waals surface area contributed by atoms with Crippen LogP contribution >= 0.6 is 0 Å². The highest BCUT2D eigenvalue weighted by Gasteiger charge is 2.38. The van der Waals surface area contributed by atoms with Gasteiger partial charge in [-0.05, 0) is 75.4 Å². The van der Waals surface area contributed by atoms with Crippen molar-refractivity contribution >= 4 is 23.1 Å². The van der Waals surface area contributed by atoms with Crippen molar-refractivity contribution in [2.24, 2.45) is 0 Å². The van der Waals surface area contributed by atoms with Crippen molar-refractivity contribution in [1.82, 2.24) is 4.90 Å². The molecule has 0 fully saturated rings. The third-order valence-corrected chi connectivity index (χ3v) is 5.51. The van der Waals surface area contributed by atoms with E-state index in [1.54, 1.807) is 0 Å². The molecule has 0 radical (unpaired) electrons. The average molecular weight is 465 g/mol. The van der Waals surface area contributed by atoms with Crippen molar-refractivity contribution in [1.29, 1.82) is 0 Å². The second kappa shape index (κ2) is 11.3. The molecule has 1 aliphatic heterocycles. The molecule has 3 rings (SSSR count). The quantitative estimate of drug-likeness (QED) is 0.346. The van der Waals surface area contributed by atoms with E-state index in [9.17, 15) is 9.59 Å². The molecule has 0 bridgehead atoms. The molecule has 2 amide bonds. The number of benzene rings is 2. The fraction of sp³-hybridized carbons (Fsp3) is 0.429. The van der Waals surface area contributed by atoms with Crippen LogP contribution in [0.1, 0.15) is 65.0 Å². The number of nitrogens with zero attached hydrogens (tertiary/aromatic N) is 1. The lowest BCUT2D eigenvalue weighted by Gasteiger charge is -2.16. The molecule has 0 unspecified atom stereocenters. The maximum atomic E-state index is 13.4. The Hall–Kier alpha value is -3.12. The third kappa shape index (κ3) is 6.26. The Kier molecular flexibility index (Phi) is 8.51. The maximum Gasteiger partial charge on any atom is 0.278 e. The van der Waals surface area contributed by atoms with E-state index < -0.39 is 0 Å². The van der Waals surface area contributed by atoms with Gasteiger partial charge >= 0.3 is 0 Å². The number of anilines is 1. The van der Waals surface area contributed by atoms with Gasteiger partial charge in [-0.25, -0.2) is 0 Å². The number of nitrogens with one attached hydrogen (secondary N) is 1. The summed E-state index contributed by atoms with van der Waals surface area (Å²) in [7, 11) is 0. The summed E-state index contributed by atoms with van der Waals surface area (Å²) in [6.45, 7) is 12.9. The molecule has 0 saturated heterocycles. The van der Waals surface area contributed by atoms with E-state index in [2.05, 4.69) is 19.2 Å². The molecule has 1 aliphatic rings. The van der Waals surface area contributed by atoms with Crippen LogP contribution in [0.3, 0.4) is 0 Å². The molecule has 6 heteroatoms. The van der Waals surface area contributed by atoms with Gasteiger partial charge in [0.25, 0.3) is 11.8 Å². The fourth-order valence-corrected chi connectivity index (χ4v) is 3.77. The van der Waals surface area contributed by atoms with Gasteiger partial charge in [-0.1, -0.05) is 38.1 Å². The minimum Gasteiger partial charge on any atom is -0.491 e. The Balaban J connectivity index is 1.89. The summed E-state index contributed by atoms with van der Waals surface area (Å²) >= 11 is 0. The summed E-state index contributed by atoms with van der Waals surface area (Å²) in [6, 6.07) is 15.3. The molecule has 34 heavy (non-hydrogen) atoms. The second-order valence-corrected chi connectivity index (χ2v) is 9.38. The van der Waals surface area contributed by atoms with Gasteiger partial charge in [0.15, 0.2) is 0 Å². The highest BCUT2D eigenvalue weighted by molar-refractivity contribution is 6.36. The summed E-state index contributed by atoms with van der Waals surface area (Å²) in [4.78, 5) is 28.0. The molecule has 182 valence electrons. The van der Waals surface area contributed by atoms with Gasteiger partial charge in [-0.3, -0.25) is 14.5 Å². The van der Waals surface area contributed by atoms with E-state index in [1.165, 1.54) is 10.5 Å². The zero-order chi connectivity index (χ0) is 24.8. The first kappa shape index (κ1) is 25.5. The van der Waals surface area contributed by atoms with Crippen LogP contribution in [0.15, 0.2) is 54.2 Å². The largest absolute Gasteiger partial charge is 0.491 e. The standard InChI is InChI=1S/C28H36N2O4/c1-18(2)21-8-12-23(13-9-21)29-26-25(22-10-14-24(15-11-22)34-20(5)6)27(31)30(28(26)32)16-7-17-33-19(3)4/h8-15,18-20,29H,7,16-17H2,1-6H3. The number of hydrogen-bond acceptors (Lipinski definition) is 5. The van der Waals surface area contributed by atoms with Crippen molar-refractivity contribution < 1.29 is 19.1 Å². The molecule has 0 atom stereocenters. The van der Waals surface area contributed by atoms with Crippen molar-refractivity contribution in [3.05, 3.63) is 65.4 Å². The molecule has 0 saturated carbocycles. The van der Waals surface area contributed by atoms with Crippen LogP contribution in [0.5, 0.6) is 5.75 Å². The molecule has 6 nitrogen and oxygen atoms in total. The molecule has 0 aromatic heterocycles. The summed E-state index contributed by atoms with van der Waals surface area (Å²) in [5.74, 6) is 0.514. The lowest BCUT2D eigenvalue weighted by Crippen LogP contribution is -2.34. The Morgan fingerprint density at radius 3 is 2.03 bits per heavy atom. The van der Waals surface area contributed by atoms with E-state index in [4.69, 9.17) is 9.47 Å². The minimum absolute atomic E-state index is 0.0503. The third-order valence-electron chi connectivity index (χ3n) is 5.51. The monoisotopic (exact) mass is 464 g/mol. The Labute approximate surface area is 202 Å². The lowest BCUT2D eigenvalue weighted by atomic mass is 10.0. The first-order chi connectivity index (χ1) is 16.2. The van der Waals surface area contributed by atoms with Crippen LogP contribution in [0, 0.1) is 0 Å². The molecule has 0 spiro atoms. The van der Waals surface area contributed by atoms with E-state index in [1.807, 2.05) is 76.2 Å². The summed E-state index contributed by atoms with van der Waals surface area (Å²) in [6.07, 6.45) is 0.742. The van der Waals surface area contributed by atoms with Gasteiger partial charge in [0.2, 0.25) is 0 Å². The predicted molar refractivity (Wildman–Crippen MR) is 136 cm³/mol. The zero-order valence-corrected chi connectivity index (χ0v) is 21.1. The number of ether oxygens (including phenoxy) is 2. The highest BCUT2D eigenvalue weighted by Crippen LogP contribution is 2.32. The normalized spacial score (nSPS) is 14.2. The Morgan fingerprint density at radius 1 is 0.824 bits per heavy atom. The van der Waals surface area contributed by atoms with Crippen molar-refractivity contribution in [2.75, 3.05) is 18.5 Å². The fourth-order valence-electron chi connectivity index (χ4n) is 3.77. The predicted octanol–water partition coefficient (Wildman–Crippen LogP) is 5.60. The van der Waals surface area contributed by atoms with Gasteiger partial charge in [0, 0.05) is 18.8 Å². The summed E-state index contributed by atoms with van der Waals surface area (Å²) < 4.78 is 11.3. The number of rotatable bonds is 11. The number of carbonyl (C=O) groups excluding carboxylic acids is 2. The first-order valence-electron chi connectivity index (χ1n) is 12.0. The number of hydrogen-bond donors (Lipinski definition) is 1. The molecule has 1 heterocycles. The van der Waals surface area contributed by atoms with Crippen molar-refractivity contribution in [2.45, 2.75) is 66.1 Å². The van der Waals surface area contributed by atoms with Crippen LogP contribution in [0.25, 0.3) is 5.57 Å². The smallest absolute Gasteiger partial charge is 0.278 e. The SMILES string of the molecule is CC(C)OCCCN1C(=O)C(Nc2ccc(C(C)C)cc2)=C(c2ccc(OC(C)C)cc2)C1=O. The first-order valence-corrected chi connectivity index (χ1v) is 12.0. The van der Waals surface area contributed by atoms with Crippen LogP contribution < -0.4 is 10.1 Å². The lowest BCUT2D eigenvalue weighted by molar-refractivity contribution is -0.137. The number of amides is 2. The molecular weight excluding hydrogens is 428 g/mol. The topological polar surface area (TPSA) is 67.9 Å². The number of imide groups is 1. The molecule has 2 aromatic rings. The van der Waals surface area contributed by atoms with Gasteiger partial charge in [0.05, 0.1) is 17.8 Å². The maximum absolute atomic E-state index is 13.4. The van der Waals surface area contributed by atoms with Crippen LogP contribution in [-0.2, 0) is 14.3 Å². The Bertz CT molecular complexity index is 1020. The van der Waals surface area contributed by atoms with Gasteiger partial charge < -0.3 is 14.8 Å². The van der Waals surface area contributed by atoms with E-state index in [0.29, 0.717) is 42.3 Å². The van der Waals surface area contributed by atoms with Crippen LogP contribution in [-0.4, -0.2) is 42.1 Å². The van der Waals surface area contributed by atoms with Gasteiger partial charge in [-0.2, -0.15) is 0 Å². The Morgan fingerprint density at radius 2 is 1.47 bits per heavy atom. The van der Waals surface area contributed by atoms with Crippen molar-refractivity contribution in [3.8, 4) is 5.75 Å². The van der Waals surface area contributed by atoms with E-state index in [0.717, 1.165) is 11.4 Å². The average Bonchev–Trinajstić information content (AvgIpc) is 3.01. The van der Waals surface area contributed by atoms with Gasteiger partial charge in [-0.15, -0.1) is 0 Å². The number of carbonyl (C=O) groups is 2. The highest BCUT2D eigenvalue weighted by atomic mass is 16.5. The molecular formula is C28H36N2O4. The van der Waals surface area contributed by atoms with E-state index >= 15 is 0 Å². The van der Waals surface area contributed by atoms with Crippen LogP contribution in [0.4, 0.5) is 5.69 Å². The second-order valence-electron chi connectivity index (χ2n) is 9.38. The molecule has 1 N–H and O–H groups in total. The minimum atomic E-state index is -0.319. The zero-order valence-electron chi connectivity index (χ0n) is 21.1. The summed E-state index contributed by atoms with van der Waals surface area (Å²) in [5, 5.41) is 3.23. The van der Waals surface area contributed by atoms with E-state index in [-0.39, 0.29) is 24.0 Å². The molecule has 2 aromatic carbocycles. The van der Waals surface area contributed by atoms with Crippen LogP contribution in [0.2, 0.25) is 0 Å². The summed E-state index contributed by atoms with van der Waals surface area (Å²) in [5.41, 5.74) is 3.32. The molecule has 0 aliphatic carbocycles. The van der Waals surface area contributed by atoms with Gasteiger partial charge in [0.1, 0.15) is 11.4 Å². The van der Waals surface area contributed by atoms with Crippen molar-refractivity contribution in [3.63, 3.8) is 0 Å².